The highest BCUT2D eigenvalue weighted by molar-refractivity contribution is 5.92. The Labute approximate surface area is 271 Å². The van der Waals surface area contributed by atoms with Crippen molar-refractivity contribution in [3.05, 3.63) is 108 Å². The Bertz CT molecular complexity index is 1740. The molecule has 3 heterocycles. The number of aryl methyl sites for hydroxylation is 1. The molecule has 0 radical (unpaired) electrons. The molecule has 0 saturated carbocycles. The lowest BCUT2D eigenvalue weighted by Crippen LogP contribution is -2.40. The van der Waals surface area contributed by atoms with Crippen LogP contribution in [-0.2, 0) is 17.5 Å². The zero-order chi connectivity index (χ0) is 33.2. The van der Waals surface area contributed by atoms with E-state index in [0.717, 1.165) is 42.8 Å². The molecule has 1 aliphatic heterocycles. The van der Waals surface area contributed by atoms with Crippen LogP contribution in [0.5, 0.6) is 5.75 Å². The third-order valence-electron chi connectivity index (χ3n) is 7.63. The number of aromatic nitrogens is 3. The second-order valence-electron chi connectivity index (χ2n) is 11.0. The zero-order valence-electron chi connectivity index (χ0n) is 26.4. The molecule has 0 bridgehead atoms. The number of benzene rings is 3. The monoisotopic (exact) mass is 650 g/mol. The Balaban J connectivity index is 0.000000549. The Kier molecular flexibility index (Phi) is 11.4. The molecular formula is C35H38F4N6O2. The molecule has 0 aliphatic carbocycles. The van der Waals surface area contributed by atoms with Gasteiger partial charge < -0.3 is 24.7 Å². The molecule has 2 N–H and O–H groups in total. The highest BCUT2D eigenvalue weighted by atomic mass is 19.4. The van der Waals surface area contributed by atoms with Crippen LogP contribution in [0.2, 0.25) is 0 Å². The summed E-state index contributed by atoms with van der Waals surface area (Å²) < 4.78 is 66.2. The fraction of sp³-hybridized carbons (Fsp3) is 0.314. The third-order valence-corrected chi connectivity index (χ3v) is 7.63. The molecule has 0 amide bonds. The van der Waals surface area contributed by atoms with Crippen molar-refractivity contribution < 1.29 is 27.0 Å². The number of nitrogens with one attached hydrogen (secondary N) is 2. The van der Waals surface area contributed by atoms with Crippen LogP contribution in [0.25, 0.3) is 16.6 Å². The molecule has 5 aromatic rings. The van der Waals surface area contributed by atoms with E-state index in [4.69, 9.17) is 9.47 Å². The van der Waals surface area contributed by atoms with Crippen LogP contribution in [0.1, 0.15) is 23.6 Å². The van der Waals surface area contributed by atoms with Gasteiger partial charge in [0.2, 0.25) is 0 Å². The van der Waals surface area contributed by atoms with Crippen LogP contribution in [-0.4, -0.2) is 65.4 Å². The smallest absolute Gasteiger partial charge is 0.418 e. The number of rotatable bonds is 10. The Morgan fingerprint density at radius 2 is 1.74 bits per heavy atom. The summed E-state index contributed by atoms with van der Waals surface area (Å²) in [4.78, 5) is 11.0. The molecule has 6 rings (SSSR count). The summed E-state index contributed by atoms with van der Waals surface area (Å²) in [5.74, 6) is 1.19. The van der Waals surface area contributed by atoms with E-state index >= 15 is 0 Å². The fourth-order valence-corrected chi connectivity index (χ4v) is 5.23. The fourth-order valence-electron chi connectivity index (χ4n) is 5.23. The molecule has 0 spiro atoms. The van der Waals surface area contributed by atoms with Crippen LogP contribution in [0, 0.1) is 12.7 Å². The van der Waals surface area contributed by atoms with Gasteiger partial charge in [-0.1, -0.05) is 18.2 Å². The van der Waals surface area contributed by atoms with Crippen LogP contribution >= 0.6 is 0 Å². The van der Waals surface area contributed by atoms with Crippen molar-refractivity contribution in [2.75, 3.05) is 51.3 Å². The van der Waals surface area contributed by atoms with E-state index in [1.807, 2.05) is 32.0 Å². The van der Waals surface area contributed by atoms with Gasteiger partial charge in [0.1, 0.15) is 23.7 Å². The van der Waals surface area contributed by atoms with E-state index in [1.54, 1.807) is 42.6 Å². The maximum absolute atomic E-state index is 13.9. The summed E-state index contributed by atoms with van der Waals surface area (Å²) >= 11 is 0. The molecule has 1 saturated heterocycles. The summed E-state index contributed by atoms with van der Waals surface area (Å²) in [6.07, 6.45) is -0.320. The average molecular weight is 651 g/mol. The molecule has 0 unspecified atom stereocenters. The van der Waals surface area contributed by atoms with Crippen LogP contribution in [0.15, 0.2) is 85.5 Å². The lowest BCUT2D eigenvalue weighted by atomic mass is 10.1. The number of hydrogen-bond donors (Lipinski definition) is 2. The van der Waals surface area contributed by atoms with E-state index in [0.29, 0.717) is 48.8 Å². The Hall–Kier alpha value is -4.52. The number of alkyl halides is 3. The number of ether oxygens (including phenoxy) is 2. The number of halogens is 4. The third kappa shape index (κ3) is 9.28. The quantitative estimate of drug-likeness (QED) is 0.123. The van der Waals surface area contributed by atoms with Gasteiger partial charge in [0, 0.05) is 61.9 Å². The first kappa shape index (κ1) is 33.8. The van der Waals surface area contributed by atoms with Gasteiger partial charge in [-0.15, -0.1) is 0 Å². The van der Waals surface area contributed by atoms with Crippen molar-refractivity contribution >= 4 is 22.4 Å². The first-order valence-electron chi connectivity index (χ1n) is 15.5. The number of hydrogen-bond acceptors (Lipinski definition) is 7. The number of morpholine rings is 1. The summed E-state index contributed by atoms with van der Waals surface area (Å²) in [5, 5.41) is 7.19. The van der Waals surface area contributed by atoms with Crippen molar-refractivity contribution in [1.82, 2.24) is 24.8 Å². The van der Waals surface area contributed by atoms with Gasteiger partial charge in [0.25, 0.3) is 0 Å². The minimum absolute atomic E-state index is 0.118. The first-order valence-corrected chi connectivity index (χ1v) is 15.5. The number of fused-ring (bicyclic) bond motifs is 1. The van der Waals surface area contributed by atoms with E-state index in [-0.39, 0.29) is 17.9 Å². The van der Waals surface area contributed by atoms with Crippen molar-refractivity contribution in [2.24, 2.45) is 0 Å². The molecule has 1 fully saturated rings. The summed E-state index contributed by atoms with van der Waals surface area (Å²) in [7, 11) is 0. The van der Waals surface area contributed by atoms with Crippen molar-refractivity contribution in [1.29, 1.82) is 0 Å². The summed E-state index contributed by atoms with van der Waals surface area (Å²) in [5.41, 5.74) is 2.60. The van der Waals surface area contributed by atoms with Crippen molar-refractivity contribution in [3.8, 4) is 11.4 Å². The van der Waals surface area contributed by atoms with Gasteiger partial charge in [-0.25, -0.2) is 14.4 Å². The van der Waals surface area contributed by atoms with Gasteiger partial charge in [-0.2, -0.15) is 13.2 Å². The molecule has 8 nitrogen and oxygen atoms in total. The second-order valence-corrected chi connectivity index (χ2v) is 11.0. The van der Waals surface area contributed by atoms with Gasteiger partial charge in [-0.3, -0.25) is 4.90 Å². The van der Waals surface area contributed by atoms with E-state index < -0.39 is 11.7 Å². The summed E-state index contributed by atoms with van der Waals surface area (Å²) in [6.45, 7) is 9.01. The molecule has 1 aliphatic rings. The molecule has 12 heteroatoms. The lowest BCUT2D eigenvalue weighted by molar-refractivity contribution is -0.138. The molecule has 3 aromatic carbocycles. The minimum atomic E-state index is -4.47. The van der Waals surface area contributed by atoms with Crippen molar-refractivity contribution in [3.63, 3.8) is 0 Å². The van der Waals surface area contributed by atoms with Crippen LogP contribution < -0.4 is 15.4 Å². The minimum Gasteiger partial charge on any atom is -0.494 e. The number of anilines is 2. The predicted molar refractivity (Wildman–Crippen MR) is 175 cm³/mol. The van der Waals surface area contributed by atoms with E-state index in [2.05, 4.69) is 25.5 Å². The SMILES string of the molecule is CCOc1ccc(Nc2ncnc3ccc(-n4cc(CNCCN5CCOCC5)c(C(F)(F)F)c4)cc23)cc1C.Fc1ccccc1. The maximum atomic E-state index is 13.9. The molecule has 248 valence electrons. The molecule has 47 heavy (non-hydrogen) atoms. The maximum Gasteiger partial charge on any atom is 0.418 e. The Morgan fingerprint density at radius 3 is 2.43 bits per heavy atom. The van der Waals surface area contributed by atoms with Gasteiger partial charge in [0.05, 0.1) is 30.9 Å². The second kappa shape index (κ2) is 15.9. The van der Waals surface area contributed by atoms with Crippen molar-refractivity contribution in [2.45, 2.75) is 26.6 Å². The van der Waals surface area contributed by atoms with Crippen LogP contribution in [0.3, 0.4) is 0 Å². The normalized spacial score (nSPS) is 13.7. The Morgan fingerprint density at radius 1 is 0.957 bits per heavy atom. The van der Waals surface area contributed by atoms with Gasteiger partial charge >= 0.3 is 6.18 Å². The van der Waals surface area contributed by atoms with Crippen LogP contribution in [0.4, 0.5) is 29.1 Å². The highest BCUT2D eigenvalue weighted by Crippen LogP contribution is 2.34. The summed E-state index contributed by atoms with van der Waals surface area (Å²) in [6, 6.07) is 19.0. The average Bonchev–Trinajstić information content (AvgIpc) is 3.51. The van der Waals surface area contributed by atoms with Gasteiger partial charge in [0.15, 0.2) is 0 Å². The predicted octanol–water partition coefficient (Wildman–Crippen LogP) is 7.14. The number of nitrogens with zero attached hydrogens (tertiary/aromatic N) is 4. The van der Waals surface area contributed by atoms with Gasteiger partial charge in [-0.05, 0) is 73.5 Å². The lowest BCUT2D eigenvalue weighted by Gasteiger charge is -2.26. The topological polar surface area (TPSA) is 76.5 Å². The molecule has 2 aromatic heterocycles. The highest BCUT2D eigenvalue weighted by Gasteiger charge is 2.35. The molecule has 0 atom stereocenters. The zero-order valence-corrected chi connectivity index (χ0v) is 26.4. The van der Waals surface area contributed by atoms with E-state index in [9.17, 15) is 17.6 Å². The standard InChI is InChI=1S/C29H33F3N6O2.C6H5F/c1-3-40-27-7-4-22(14-20(27)2)36-28-24-15-23(5-6-26(24)34-19-35-28)38-17-21(25(18-38)29(30,31)32)16-33-8-9-37-10-12-39-13-11-37;7-6-4-2-1-3-5-6/h4-7,14-15,17-19,33H,3,8-13,16H2,1-2H3,(H,34,35,36);1-5H. The largest absolute Gasteiger partial charge is 0.494 e. The molecular weight excluding hydrogens is 612 g/mol. The first-order chi connectivity index (χ1) is 22.7. The van der Waals surface area contributed by atoms with E-state index in [1.165, 1.54) is 23.0 Å².